The quantitative estimate of drug-likeness (QED) is 0.663. The number of ether oxygens (including phenoxy) is 1. The van der Waals surface area contributed by atoms with Gasteiger partial charge in [-0.05, 0) is 68.8 Å². The molecule has 0 aliphatic carbocycles. The van der Waals surface area contributed by atoms with Gasteiger partial charge in [0.1, 0.15) is 0 Å². The van der Waals surface area contributed by atoms with Crippen LogP contribution in [0.3, 0.4) is 0 Å². The minimum absolute atomic E-state index is 0.0889. The van der Waals surface area contributed by atoms with E-state index in [1.165, 1.54) is 11.1 Å². The summed E-state index contributed by atoms with van der Waals surface area (Å²) in [4.78, 5) is 28.8. The van der Waals surface area contributed by atoms with Gasteiger partial charge in [0.25, 0.3) is 0 Å². The SMILES string of the molecule is Cc1ccc(C(C)NC(=O)CN(C)CC(=O)Nc2ccc(N3CCOCC3)cc2)cc1C. The summed E-state index contributed by atoms with van der Waals surface area (Å²) in [6.45, 7) is 9.62. The number of carbonyl (C=O) groups excluding carboxylic acids is 2. The molecule has 2 aromatic carbocycles. The summed E-state index contributed by atoms with van der Waals surface area (Å²) >= 11 is 0. The molecular formula is C25H34N4O3. The van der Waals surface area contributed by atoms with E-state index in [0.717, 1.165) is 43.2 Å². The van der Waals surface area contributed by atoms with Gasteiger partial charge in [-0.25, -0.2) is 0 Å². The minimum atomic E-state index is -0.151. The van der Waals surface area contributed by atoms with Crippen molar-refractivity contribution in [3.63, 3.8) is 0 Å². The number of amides is 2. The van der Waals surface area contributed by atoms with E-state index in [-0.39, 0.29) is 30.9 Å². The lowest BCUT2D eigenvalue weighted by atomic mass is 10.0. The van der Waals surface area contributed by atoms with Gasteiger partial charge in [-0.15, -0.1) is 0 Å². The molecule has 1 aliphatic heterocycles. The lowest BCUT2D eigenvalue weighted by Gasteiger charge is -2.28. The van der Waals surface area contributed by atoms with Gasteiger partial charge < -0.3 is 20.3 Å². The summed E-state index contributed by atoms with van der Waals surface area (Å²) in [6.07, 6.45) is 0. The zero-order valence-electron chi connectivity index (χ0n) is 19.5. The lowest BCUT2D eigenvalue weighted by Crippen LogP contribution is -2.39. The molecule has 2 N–H and O–H groups in total. The van der Waals surface area contributed by atoms with Crippen LogP contribution in [0.2, 0.25) is 0 Å². The molecule has 1 saturated heterocycles. The predicted molar refractivity (Wildman–Crippen MR) is 128 cm³/mol. The van der Waals surface area contributed by atoms with E-state index in [1.807, 2.05) is 37.3 Å². The molecule has 0 aromatic heterocycles. The van der Waals surface area contributed by atoms with Gasteiger partial charge >= 0.3 is 0 Å². The number of hydrogen-bond acceptors (Lipinski definition) is 5. The van der Waals surface area contributed by atoms with Crippen LogP contribution in [0.4, 0.5) is 11.4 Å². The van der Waals surface area contributed by atoms with E-state index in [2.05, 4.69) is 41.5 Å². The van der Waals surface area contributed by atoms with Crippen molar-refractivity contribution in [2.75, 3.05) is 56.7 Å². The normalized spacial score (nSPS) is 14.8. The number of carbonyl (C=O) groups is 2. The monoisotopic (exact) mass is 438 g/mol. The highest BCUT2D eigenvalue weighted by Gasteiger charge is 2.15. The second-order valence-corrected chi connectivity index (χ2v) is 8.50. The maximum absolute atomic E-state index is 12.4. The Balaban J connectivity index is 1.43. The average Bonchev–Trinajstić information content (AvgIpc) is 2.76. The third-order valence-electron chi connectivity index (χ3n) is 5.76. The fraction of sp³-hybridized carbons (Fsp3) is 0.440. The van der Waals surface area contributed by atoms with Gasteiger partial charge in [-0.3, -0.25) is 14.5 Å². The highest BCUT2D eigenvalue weighted by molar-refractivity contribution is 5.92. The van der Waals surface area contributed by atoms with Crippen molar-refractivity contribution >= 4 is 23.2 Å². The molecule has 1 fully saturated rings. The van der Waals surface area contributed by atoms with Gasteiger partial charge in [0.2, 0.25) is 11.8 Å². The summed E-state index contributed by atoms with van der Waals surface area (Å²) in [7, 11) is 1.77. The molecule has 0 saturated carbocycles. The molecule has 172 valence electrons. The molecule has 2 amide bonds. The number of rotatable bonds is 8. The van der Waals surface area contributed by atoms with Gasteiger partial charge in [0.15, 0.2) is 0 Å². The summed E-state index contributed by atoms with van der Waals surface area (Å²) in [5, 5.41) is 5.91. The average molecular weight is 439 g/mol. The van der Waals surface area contributed by atoms with Crippen LogP contribution >= 0.6 is 0 Å². The van der Waals surface area contributed by atoms with Crippen LogP contribution in [-0.2, 0) is 14.3 Å². The fourth-order valence-electron chi connectivity index (χ4n) is 3.73. The zero-order chi connectivity index (χ0) is 23.1. The Kier molecular flexibility index (Phi) is 8.25. The van der Waals surface area contributed by atoms with Crippen LogP contribution < -0.4 is 15.5 Å². The molecule has 32 heavy (non-hydrogen) atoms. The smallest absolute Gasteiger partial charge is 0.238 e. The van der Waals surface area contributed by atoms with Crippen LogP contribution in [0.1, 0.15) is 29.7 Å². The molecule has 0 bridgehead atoms. The molecule has 7 heteroatoms. The first kappa shape index (κ1) is 23.8. The number of nitrogens with one attached hydrogen (secondary N) is 2. The molecule has 1 atom stereocenters. The Morgan fingerprint density at radius 3 is 2.31 bits per heavy atom. The van der Waals surface area contributed by atoms with Gasteiger partial charge in [-0.1, -0.05) is 18.2 Å². The van der Waals surface area contributed by atoms with Crippen LogP contribution in [0.15, 0.2) is 42.5 Å². The van der Waals surface area contributed by atoms with Crippen molar-refractivity contribution in [3.05, 3.63) is 59.2 Å². The van der Waals surface area contributed by atoms with Gasteiger partial charge in [0, 0.05) is 24.5 Å². The number of hydrogen-bond donors (Lipinski definition) is 2. The number of morpholine rings is 1. The summed E-state index contributed by atoms with van der Waals surface area (Å²) in [5.41, 5.74) is 5.37. The minimum Gasteiger partial charge on any atom is -0.378 e. The Morgan fingerprint density at radius 1 is 1.00 bits per heavy atom. The first-order valence-corrected chi connectivity index (χ1v) is 11.1. The van der Waals surface area contributed by atoms with Crippen molar-refractivity contribution in [3.8, 4) is 0 Å². The highest BCUT2D eigenvalue weighted by Crippen LogP contribution is 2.19. The molecule has 0 spiro atoms. The van der Waals surface area contributed by atoms with Crippen molar-refractivity contribution in [2.45, 2.75) is 26.8 Å². The Morgan fingerprint density at radius 2 is 1.66 bits per heavy atom. The fourth-order valence-corrected chi connectivity index (χ4v) is 3.73. The topological polar surface area (TPSA) is 73.9 Å². The van der Waals surface area contributed by atoms with E-state index in [9.17, 15) is 9.59 Å². The second kappa shape index (κ2) is 11.1. The summed E-state index contributed by atoms with van der Waals surface area (Å²) < 4.78 is 5.38. The molecule has 1 aliphatic rings. The van der Waals surface area contributed by atoms with Gasteiger partial charge in [0.05, 0.1) is 32.3 Å². The molecule has 2 aromatic rings. The first-order chi connectivity index (χ1) is 15.3. The molecular weight excluding hydrogens is 404 g/mol. The molecule has 3 rings (SSSR count). The summed E-state index contributed by atoms with van der Waals surface area (Å²) in [6, 6.07) is 13.9. The molecule has 0 radical (unpaired) electrons. The van der Waals surface area contributed by atoms with Crippen molar-refractivity contribution in [2.24, 2.45) is 0 Å². The van der Waals surface area contributed by atoms with E-state index in [4.69, 9.17) is 4.74 Å². The Bertz CT molecular complexity index is 923. The zero-order valence-corrected chi connectivity index (χ0v) is 19.5. The maximum Gasteiger partial charge on any atom is 0.238 e. The third-order valence-corrected chi connectivity index (χ3v) is 5.76. The predicted octanol–water partition coefficient (Wildman–Crippen LogP) is 2.89. The van der Waals surface area contributed by atoms with Crippen LogP contribution in [-0.4, -0.2) is 63.2 Å². The van der Waals surface area contributed by atoms with Crippen LogP contribution in [0, 0.1) is 13.8 Å². The van der Waals surface area contributed by atoms with E-state index in [0.29, 0.717) is 0 Å². The third kappa shape index (κ3) is 6.80. The second-order valence-electron chi connectivity index (χ2n) is 8.50. The number of nitrogens with zero attached hydrogens (tertiary/aromatic N) is 2. The van der Waals surface area contributed by atoms with Crippen LogP contribution in [0.25, 0.3) is 0 Å². The number of benzene rings is 2. The number of anilines is 2. The van der Waals surface area contributed by atoms with Crippen molar-refractivity contribution < 1.29 is 14.3 Å². The van der Waals surface area contributed by atoms with E-state index < -0.39 is 0 Å². The molecule has 1 unspecified atom stereocenters. The van der Waals surface area contributed by atoms with Crippen LogP contribution in [0.5, 0.6) is 0 Å². The van der Waals surface area contributed by atoms with Crippen molar-refractivity contribution in [1.82, 2.24) is 10.2 Å². The standard InChI is InChI=1S/C25H34N4O3/c1-18-5-6-21(15-19(18)2)20(3)26-24(30)16-28(4)17-25(31)27-22-7-9-23(10-8-22)29-11-13-32-14-12-29/h5-10,15,20H,11-14,16-17H2,1-4H3,(H,26,30)(H,27,31). The van der Waals surface area contributed by atoms with Gasteiger partial charge in [-0.2, -0.15) is 0 Å². The summed E-state index contributed by atoms with van der Waals surface area (Å²) in [5.74, 6) is -0.262. The Labute approximate surface area is 190 Å². The maximum atomic E-state index is 12.4. The molecule has 7 nitrogen and oxygen atoms in total. The Hall–Kier alpha value is -2.90. The van der Waals surface area contributed by atoms with E-state index in [1.54, 1.807) is 11.9 Å². The number of aryl methyl sites for hydroxylation is 2. The van der Waals surface area contributed by atoms with Crippen molar-refractivity contribution in [1.29, 1.82) is 0 Å². The molecule has 1 heterocycles. The highest BCUT2D eigenvalue weighted by atomic mass is 16.5. The lowest BCUT2D eigenvalue weighted by molar-refractivity contribution is -0.123. The largest absolute Gasteiger partial charge is 0.378 e. The van der Waals surface area contributed by atoms with E-state index >= 15 is 0 Å². The first-order valence-electron chi connectivity index (χ1n) is 11.1. The number of likely N-dealkylation sites (N-methyl/N-ethyl adjacent to an activating group) is 1.